The van der Waals surface area contributed by atoms with Crippen molar-refractivity contribution in [3.63, 3.8) is 0 Å². The Morgan fingerprint density at radius 2 is 1.94 bits per heavy atom. The van der Waals surface area contributed by atoms with Crippen molar-refractivity contribution in [3.05, 3.63) is 77.6 Å². The summed E-state index contributed by atoms with van der Waals surface area (Å²) in [5.74, 6) is -0.264. The molecule has 1 N–H and O–H groups in total. The third kappa shape index (κ3) is 4.22. The summed E-state index contributed by atoms with van der Waals surface area (Å²) in [5.41, 5.74) is 4.88. The van der Waals surface area contributed by atoms with Gasteiger partial charge >= 0.3 is 0 Å². The van der Waals surface area contributed by atoms with Crippen molar-refractivity contribution < 1.29 is 14.3 Å². The van der Waals surface area contributed by atoms with Crippen molar-refractivity contribution >= 4 is 40.4 Å². The lowest BCUT2D eigenvalue weighted by Gasteiger charge is -2.17. The van der Waals surface area contributed by atoms with Crippen LogP contribution in [-0.2, 0) is 9.59 Å². The maximum atomic E-state index is 13.1. The van der Waals surface area contributed by atoms with Crippen LogP contribution in [0.5, 0.6) is 5.75 Å². The zero-order valence-corrected chi connectivity index (χ0v) is 19.5. The van der Waals surface area contributed by atoms with E-state index in [1.807, 2.05) is 48.0 Å². The molecule has 1 unspecified atom stereocenters. The molecule has 172 valence electrons. The van der Waals surface area contributed by atoms with Crippen LogP contribution in [0.15, 0.2) is 67.0 Å². The van der Waals surface area contributed by atoms with Crippen molar-refractivity contribution in [2.24, 2.45) is 5.92 Å². The van der Waals surface area contributed by atoms with Crippen LogP contribution >= 0.6 is 11.6 Å². The van der Waals surface area contributed by atoms with Crippen LogP contribution in [0.3, 0.4) is 0 Å². The molecule has 1 saturated heterocycles. The molecule has 2 aromatic heterocycles. The molecule has 0 bridgehead atoms. The standard InChI is InChI=1S/C26H23ClN4O3/c1-16-9-10-30-15-22(28-24(30)11-16)17-3-8-23(34-2)21(12-17)29-26(33)18-13-25(32)31(14-18)20-6-4-19(27)5-7-20/h3-12,15,18H,13-14H2,1-2H3,(H,29,33). The maximum absolute atomic E-state index is 13.1. The van der Waals surface area contributed by atoms with E-state index in [2.05, 4.69) is 5.32 Å². The number of methoxy groups -OCH3 is 1. The summed E-state index contributed by atoms with van der Waals surface area (Å²) in [6, 6.07) is 16.6. The quantitative estimate of drug-likeness (QED) is 0.443. The molecule has 2 amide bonds. The van der Waals surface area contributed by atoms with Crippen LogP contribution in [0.25, 0.3) is 16.9 Å². The molecule has 0 aliphatic carbocycles. The molecule has 34 heavy (non-hydrogen) atoms. The van der Waals surface area contributed by atoms with Gasteiger partial charge in [0.2, 0.25) is 11.8 Å². The van der Waals surface area contributed by atoms with Crippen molar-refractivity contribution in [2.45, 2.75) is 13.3 Å². The van der Waals surface area contributed by atoms with E-state index in [0.717, 1.165) is 28.2 Å². The predicted molar refractivity (Wildman–Crippen MR) is 132 cm³/mol. The number of aromatic nitrogens is 2. The van der Waals surface area contributed by atoms with E-state index >= 15 is 0 Å². The highest BCUT2D eigenvalue weighted by Crippen LogP contribution is 2.32. The Morgan fingerprint density at radius 3 is 2.71 bits per heavy atom. The minimum absolute atomic E-state index is 0.0943. The number of fused-ring (bicyclic) bond motifs is 1. The smallest absolute Gasteiger partial charge is 0.229 e. The molecule has 1 atom stereocenters. The van der Waals surface area contributed by atoms with Gasteiger partial charge in [0, 0.05) is 41.6 Å². The normalized spacial score (nSPS) is 15.7. The fourth-order valence-corrected chi connectivity index (χ4v) is 4.30. The lowest BCUT2D eigenvalue weighted by Crippen LogP contribution is -2.28. The number of nitrogens with one attached hydrogen (secondary N) is 1. The second kappa shape index (κ2) is 8.83. The molecule has 1 aliphatic heterocycles. The van der Waals surface area contributed by atoms with Crippen LogP contribution in [0.4, 0.5) is 11.4 Å². The van der Waals surface area contributed by atoms with E-state index < -0.39 is 5.92 Å². The average molecular weight is 475 g/mol. The molecular formula is C26H23ClN4O3. The lowest BCUT2D eigenvalue weighted by atomic mass is 10.1. The number of hydrogen-bond donors (Lipinski definition) is 1. The van der Waals surface area contributed by atoms with Gasteiger partial charge in [0.05, 0.1) is 24.4 Å². The van der Waals surface area contributed by atoms with Crippen molar-refractivity contribution in [1.29, 1.82) is 0 Å². The monoisotopic (exact) mass is 474 g/mol. The summed E-state index contributed by atoms with van der Waals surface area (Å²) < 4.78 is 7.43. The number of ether oxygens (including phenoxy) is 1. The van der Waals surface area contributed by atoms with Gasteiger partial charge in [-0.1, -0.05) is 11.6 Å². The number of aryl methyl sites for hydroxylation is 1. The van der Waals surface area contributed by atoms with E-state index in [0.29, 0.717) is 23.0 Å². The van der Waals surface area contributed by atoms with Crippen molar-refractivity contribution in [2.75, 3.05) is 23.9 Å². The average Bonchev–Trinajstić information content (AvgIpc) is 3.43. The molecular weight excluding hydrogens is 452 g/mol. The van der Waals surface area contributed by atoms with Gasteiger partial charge in [-0.25, -0.2) is 4.98 Å². The number of carbonyl (C=O) groups is 2. The first-order valence-corrected chi connectivity index (χ1v) is 11.3. The van der Waals surface area contributed by atoms with Gasteiger partial charge in [0.25, 0.3) is 0 Å². The summed E-state index contributed by atoms with van der Waals surface area (Å²) in [6.07, 6.45) is 4.06. The maximum Gasteiger partial charge on any atom is 0.229 e. The first kappa shape index (κ1) is 22.0. The summed E-state index contributed by atoms with van der Waals surface area (Å²) in [7, 11) is 1.56. The Balaban J connectivity index is 1.37. The van der Waals surface area contributed by atoms with E-state index in [9.17, 15) is 9.59 Å². The lowest BCUT2D eigenvalue weighted by molar-refractivity contribution is -0.122. The summed E-state index contributed by atoms with van der Waals surface area (Å²) in [6.45, 7) is 2.33. The Bertz CT molecular complexity index is 1400. The predicted octanol–water partition coefficient (Wildman–Crippen LogP) is 4.96. The number of amides is 2. The molecule has 1 fully saturated rings. The molecule has 2 aromatic carbocycles. The van der Waals surface area contributed by atoms with Gasteiger partial charge in [-0.3, -0.25) is 9.59 Å². The fraction of sp³-hybridized carbons (Fsp3) is 0.192. The highest BCUT2D eigenvalue weighted by Gasteiger charge is 2.35. The van der Waals surface area contributed by atoms with E-state index in [4.69, 9.17) is 21.3 Å². The molecule has 0 saturated carbocycles. The minimum atomic E-state index is -0.477. The van der Waals surface area contributed by atoms with Crippen LogP contribution in [-0.4, -0.2) is 34.9 Å². The van der Waals surface area contributed by atoms with Gasteiger partial charge in [-0.15, -0.1) is 0 Å². The van der Waals surface area contributed by atoms with Crippen LogP contribution in [0.1, 0.15) is 12.0 Å². The molecule has 7 nitrogen and oxygen atoms in total. The Kier molecular flexibility index (Phi) is 5.71. The topological polar surface area (TPSA) is 75.9 Å². The number of rotatable bonds is 5. The zero-order valence-electron chi connectivity index (χ0n) is 18.8. The number of pyridine rings is 1. The van der Waals surface area contributed by atoms with Crippen molar-refractivity contribution in [3.8, 4) is 17.0 Å². The fourth-order valence-electron chi connectivity index (χ4n) is 4.18. The molecule has 4 aromatic rings. The highest BCUT2D eigenvalue weighted by molar-refractivity contribution is 6.30. The minimum Gasteiger partial charge on any atom is -0.495 e. The largest absolute Gasteiger partial charge is 0.495 e. The number of imidazole rings is 1. The summed E-state index contributed by atoms with van der Waals surface area (Å²) in [4.78, 5) is 32.0. The number of carbonyl (C=O) groups excluding carboxylic acids is 2. The second-order valence-electron chi connectivity index (χ2n) is 8.38. The Hall–Kier alpha value is -3.84. The molecule has 1 aliphatic rings. The summed E-state index contributed by atoms with van der Waals surface area (Å²) >= 11 is 5.95. The molecule has 3 heterocycles. The van der Waals surface area contributed by atoms with Gasteiger partial charge in [0.1, 0.15) is 11.4 Å². The molecule has 0 radical (unpaired) electrons. The zero-order chi connectivity index (χ0) is 23.8. The molecule has 5 rings (SSSR count). The van der Waals surface area contributed by atoms with Crippen LogP contribution in [0.2, 0.25) is 5.02 Å². The van der Waals surface area contributed by atoms with Crippen LogP contribution < -0.4 is 15.0 Å². The van der Waals surface area contributed by atoms with Crippen molar-refractivity contribution in [1.82, 2.24) is 9.38 Å². The number of hydrogen-bond acceptors (Lipinski definition) is 4. The third-order valence-electron chi connectivity index (χ3n) is 6.00. The molecule has 0 spiro atoms. The second-order valence-corrected chi connectivity index (χ2v) is 8.82. The highest BCUT2D eigenvalue weighted by atomic mass is 35.5. The third-order valence-corrected chi connectivity index (χ3v) is 6.25. The van der Waals surface area contributed by atoms with Crippen LogP contribution in [0, 0.1) is 12.8 Å². The number of anilines is 2. The first-order chi connectivity index (χ1) is 16.4. The first-order valence-electron chi connectivity index (χ1n) is 10.9. The Morgan fingerprint density at radius 1 is 1.15 bits per heavy atom. The Labute approximate surface area is 201 Å². The van der Waals surface area contributed by atoms with E-state index in [-0.39, 0.29) is 18.2 Å². The molecule has 8 heteroatoms. The number of benzene rings is 2. The van der Waals surface area contributed by atoms with Gasteiger partial charge < -0.3 is 19.4 Å². The summed E-state index contributed by atoms with van der Waals surface area (Å²) in [5, 5.41) is 3.55. The number of halogens is 1. The van der Waals surface area contributed by atoms with Gasteiger partial charge in [0.15, 0.2) is 0 Å². The van der Waals surface area contributed by atoms with Gasteiger partial charge in [-0.2, -0.15) is 0 Å². The van der Waals surface area contributed by atoms with E-state index in [1.54, 1.807) is 42.3 Å². The SMILES string of the molecule is COc1ccc(-c2cn3ccc(C)cc3n2)cc1NC(=O)C1CC(=O)N(c2ccc(Cl)cc2)C1. The van der Waals surface area contributed by atoms with Gasteiger partial charge in [-0.05, 0) is 67.1 Å². The van der Waals surface area contributed by atoms with E-state index in [1.165, 1.54) is 0 Å². The number of nitrogens with zero attached hydrogens (tertiary/aromatic N) is 3.